The third-order valence-corrected chi connectivity index (χ3v) is 2.45. The lowest BCUT2D eigenvalue weighted by Gasteiger charge is -2.20. The molecule has 0 fully saturated rings. The van der Waals surface area contributed by atoms with Gasteiger partial charge in [-0.05, 0) is 13.8 Å². The molecule has 1 rings (SSSR count). The summed E-state index contributed by atoms with van der Waals surface area (Å²) in [6, 6.07) is -0.190. The van der Waals surface area contributed by atoms with Gasteiger partial charge in [0.05, 0.1) is 6.04 Å². The van der Waals surface area contributed by atoms with E-state index >= 15 is 0 Å². The molecule has 1 aromatic heterocycles. The molecule has 1 atom stereocenters. The van der Waals surface area contributed by atoms with Crippen LogP contribution in [0.5, 0.6) is 0 Å². The normalized spacial score (nSPS) is 12.2. The van der Waals surface area contributed by atoms with Gasteiger partial charge in [0.25, 0.3) is 0 Å². The number of amides is 1. The molecule has 88 valence electrons. The maximum absolute atomic E-state index is 11.7. The summed E-state index contributed by atoms with van der Waals surface area (Å²) in [6.45, 7) is 5.14. The predicted octanol–water partition coefficient (Wildman–Crippen LogP) is 0.433. The van der Waals surface area contributed by atoms with Crippen molar-refractivity contribution in [2.75, 3.05) is 13.6 Å². The fourth-order valence-corrected chi connectivity index (χ4v) is 1.27. The van der Waals surface area contributed by atoms with Crippen LogP contribution >= 0.6 is 0 Å². The molecule has 0 bridgehead atoms. The van der Waals surface area contributed by atoms with Gasteiger partial charge in [0.2, 0.25) is 5.91 Å². The van der Waals surface area contributed by atoms with Gasteiger partial charge in [0.15, 0.2) is 0 Å². The molecule has 0 saturated heterocycles. The first-order chi connectivity index (χ1) is 7.65. The quantitative estimate of drug-likeness (QED) is 0.785. The first-order valence-corrected chi connectivity index (χ1v) is 5.37. The molecule has 0 spiro atoms. The molecular formula is C11H18N4O. The largest absolute Gasteiger partial charge is 0.345 e. The summed E-state index contributed by atoms with van der Waals surface area (Å²) in [6.07, 6.45) is 4.96. The lowest BCUT2D eigenvalue weighted by molar-refractivity contribution is -0.131. The van der Waals surface area contributed by atoms with Crippen LogP contribution in [0.15, 0.2) is 18.7 Å². The summed E-state index contributed by atoms with van der Waals surface area (Å²) in [7, 11) is 1.80. The SMILES string of the molecule is CCN(C)C(=O)C(C)NCc1cncnc1. The van der Waals surface area contributed by atoms with Gasteiger partial charge in [-0.1, -0.05) is 0 Å². The molecule has 1 heterocycles. The van der Waals surface area contributed by atoms with Crippen LogP contribution in [-0.4, -0.2) is 40.4 Å². The highest BCUT2D eigenvalue weighted by Crippen LogP contribution is 1.96. The highest BCUT2D eigenvalue weighted by Gasteiger charge is 2.15. The zero-order chi connectivity index (χ0) is 12.0. The molecule has 16 heavy (non-hydrogen) atoms. The molecular weight excluding hydrogens is 204 g/mol. The Morgan fingerprint density at radius 2 is 2.12 bits per heavy atom. The minimum absolute atomic E-state index is 0.0966. The molecule has 5 heteroatoms. The number of aromatic nitrogens is 2. The van der Waals surface area contributed by atoms with Gasteiger partial charge in [0.1, 0.15) is 6.33 Å². The number of carbonyl (C=O) groups excluding carboxylic acids is 1. The van der Waals surface area contributed by atoms with E-state index in [1.165, 1.54) is 6.33 Å². The Morgan fingerprint density at radius 1 is 1.50 bits per heavy atom. The van der Waals surface area contributed by atoms with Crippen LogP contribution in [0, 0.1) is 0 Å². The topological polar surface area (TPSA) is 58.1 Å². The van der Waals surface area contributed by atoms with Crippen LogP contribution in [0.25, 0.3) is 0 Å². The fourth-order valence-electron chi connectivity index (χ4n) is 1.27. The number of nitrogens with one attached hydrogen (secondary N) is 1. The summed E-state index contributed by atoms with van der Waals surface area (Å²) in [5.74, 6) is 0.0966. The van der Waals surface area contributed by atoms with Crippen LogP contribution in [0.2, 0.25) is 0 Å². The zero-order valence-corrected chi connectivity index (χ0v) is 9.97. The Kier molecular flexibility index (Phi) is 4.85. The van der Waals surface area contributed by atoms with Crippen LogP contribution in [0.4, 0.5) is 0 Å². The second kappa shape index (κ2) is 6.17. The van der Waals surface area contributed by atoms with Gasteiger partial charge in [-0.3, -0.25) is 4.79 Å². The van der Waals surface area contributed by atoms with E-state index in [0.717, 1.165) is 12.1 Å². The molecule has 1 aromatic rings. The van der Waals surface area contributed by atoms with Gasteiger partial charge in [0, 0.05) is 38.1 Å². The first kappa shape index (κ1) is 12.6. The van der Waals surface area contributed by atoms with E-state index in [0.29, 0.717) is 6.54 Å². The molecule has 5 nitrogen and oxygen atoms in total. The van der Waals surface area contributed by atoms with Crippen LogP contribution in [0.1, 0.15) is 19.4 Å². The third-order valence-electron chi connectivity index (χ3n) is 2.45. The van der Waals surface area contributed by atoms with E-state index in [-0.39, 0.29) is 11.9 Å². The maximum Gasteiger partial charge on any atom is 0.239 e. The van der Waals surface area contributed by atoms with Crippen LogP contribution in [0.3, 0.4) is 0 Å². The third kappa shape index (κ3) is 3.58. The number of hydrogen-bond donors (Lipinski definition) is 1. The minimum atomic E-state index is -0.190. The molecule has 1 amide bonds. The average molecular weight is 222 g/mol. The van der Waals surface area contributed by atoms with Crippen molar-refractivity contribution in [3.8, 4) is 0 Å². The Bertz CT molecular complexity index is 328. The molecule has 1 unspecified atom stereocenters. The van der Waals surface area contributed by atoms with Gasteiger partial charge < -0.3 is 10.2 Å². The van der Waals surface area contributed by atoms with E-state index in [2.05, 4.69) is 15.3 Å². The monoisotopic (exact) mass is 222 g/mol. The van der Waals surface area contributed by atoms with Gasteiger partial charge in [-0.25, -0.2) is 9.97 Å². The summed E-state index contributed by atoms with van der Waals surface area (Å²) in [5, 5.41) is 3.14. The van der Waals surface area contributed by atoms with Crippen molar-refractivity contribution in [1.29, 1.82) is 0 Å². The molecule has 0 aliphatic rings. The summed E-state index contributed by atoms with van der Waals surface area (Å²) in [4.78, 5) is 21.2. The summed E-state index contributed by atoms with van der Waals surface area (Å²) < 4.78 is 0. The van der Waals surface area contributed by atoms with E-state index < -0.39 is 0 Å². The average Bonchev–Trinajstić information content (AvgIpc) is 2.35. The van der Waals surface area contributed by atoms with E-state index in [9.17, 15) is 4.79 Å². The van der Waals surface area contributed by atoms with Crippen molar-refractivity contribution in [1.82, 2.24) is 20.2 Å². The van der Waals surface area contributed by atoms with Gasteiger partial charge >= 0.3 is 0 Å². The molecule has 1 N–H and O–H groups in total. The van der Waals surface area contributed by atoms with Gasteiger partial charge in [-0.15, -0.1) is 0 Å². The van der Waals surface area contributed by atoms with Crippen molar-refractivity contribution in [3.05, 3.63) is 24.3 Å². The molecule has 0 saturated carbocycles. The number of rotatable bonds is 5. The minimum Gasteiger partial charge on any atom is -0.345 e. The number of likely N-dealkylation sites (N-methyl/N-ethyl adjacent to an activating group) is 1. The fraction of sp³-hybridized carbons (Fsp3) is 0.545. The van der Waals surface area contributed by atoms with Crippen molar-refractivity contribution >= 4 is 5.91 Å². The van der Waals surface area contributed by atoms with Gasteiger partial charge in [-0.2, -0.15) is 0 Å². The van der Waals surface area contributed by atoms with Crippen molar-refractivity contribution < 1.29 is 4.79 Å². The zero-order valence-electron chi connectivity index (χ0n) is 9.97. The van der Waals surface area contributed by atoms with Crippen LogP contribution < -0.4 is 5.32 Å². The Morgan fingerprint density at radius 3 is 2.69 bits per heavy atom. The number of carbonyl (C=O) groups is 1. The maximum atomic E-state index is 11.7. The predicted molar refractivity (Wildman–Crippen MR) is 61.6 cm³/mol. The second-order valence-corrected chi connectivity index (χ2v) is 3.70. The van der Waals surface area contributed by atoms with E-state index in [1.54, 1.807) is 24.3 Å². The van der Waals surface area contributed by atoms with E-state index in [4.69, 9.17) is 0 Å². The second-order valence-electron chi connectivity index (χ2n) is 3.70. The van der Waals surface area contributed by atoms with Crippen LogP contribution in [-0.2, 0) is 11.3 Å². The van der Waals surface area contributed by atoms with Crippen molar-refractivity contribution in [2.45, 2.75) is 26.4 Å². The van der Waals surface area contributed by atoms with E-state index in [1.807, 2.05) is 13.8 Å². The first-order valence-electron chi connectivity index (χ1n) is 5.37. The molecule has 0 radical (unpaired) electrons. The lowest BCUT2D eigenvalue weighted by atomic mass is 10.2. The standard InChI is InChI=1S/C11H18N4O/c1-4-15(3)11(16)9(2)14-7-10-5-12-8-13-6-10/h5-6,8-9,14H,4,7H2,1-3H3. The highest BCUT2D eigenvalue weighted by atomic mass is 16.2. The number of nitrogens with zero attached hydrogens (tertiary/aromatic N) is 3. The smallest absolute Gasteiger partial charge is 0.239 e. The molecule has 0 aromatic carbocycles. The molecule has 0 aliphatic carbocycles. The highest BCUT2D eigenvalue weighted by molar-refractivity contribution is 5.81. The molecule has 0 aliphatic heterocycles. The number of hydrogen-bond acceptors (Lipinski definition) is 4. The Balaban J connectivity index is 2.41. The summed E-state index contributed by atoms with van der Waals surface area (Å²) >= 11 is 0. The Labute approximate surface area is 95.9 Å². The lowest BCUT2D eigenvalue weighted by Crippen LogP contribution is -2.42. The Hall–Kier alpha value is -1.49. The van der Waals surface area contributed by atoms with Crippen molar-refractivity contribution in [2.24, 2.45) is 0 Å². The van der Waals surface area contributed by atoms with Crippen molar-refractivity contribution in [3.63, 3.8) is 0 Å². The summed E-state index contributed by atoms with van der Waals surface area (Å²) in [5.41, 5.74) is 0.973.